The van der Waals surface area contributed by atoms with E-state index in [0.29, 0.717) is 22.3 Å². The lowest BCUT2D eigenvalue weighted by molar-refractivity contribution is -0.137. The predicted octanol–water partition coefficient (Wildman–Crippen LogP) is 5.60. The predicted molar refractivity (Wildman–Crippen MR) is 123 cm³/mol. The Morgan fingerprint density at radius 1 is 0.943 bits per heavy atom. The van der Waals surface area contributed by atoms with Gasteiger partial charge in [0.2, 0.25) is 0 Å². The fraction of sp³-hybridized carbons (Fsp3) is 0.0800. The van der Waals surface area contributed by atoms with Crippen molar-refractivity contribution in [3.05, 3.63) is 100 Å². The third-order valence-corrected chi connectivity index (χ3v) is 5.39. The van der Waals surface area contributed by atoms with Gasteiger partial charge in [0.05, 0.1) is 16.3 Å². The van der Waals surface area contributed by atoms with Gasteiger partial charge >= 0.3 is 12.2 Å². The highest BCUT2D eigenvalue weighted by atomic mass is 35.5. The van der Waals surface area contributed by atoms with Crippen LogP contribution in [0, 0.1) is 0 Å². The van der Waals surface area contributed by atoms with Gasteiger partial charge in [-0.3, -0.25) is 14.9 Å². The molecule has 0 aliphatic carbocycles. The summed E-state index contributed by atoms with van der Waals surface area (Å²) in [4.78, 5) is 38.5. The maximum Gasteiger partial charge on any atom is 0.416 e. The summed E-state index contributed by atoms with van der Waals surface area (Å²) in [5.41, 5.74) is -0.854. The van der Waals surface area contributed by atoms with Crippen LogP contribution in [-0.4, -0.2) is 17.8 Å². The number of urea groups is 1. The molecule has 4 amide bonds. The number of alkyl halides is 3. The minimum Gasteiger partial charge on any atom is -0.488 e. The van der Waals surface area contributed by atoms with Crippen molar-refractivity contribution in [1.29, 1.82) is 0 Å². The molecule has 0 unspecified atom stereocenters. The molecule has 6 nitrogen and oxygen atoms in total. The molecule has 1 heterocycles. The number of para-hydroxylation sites is 1. The first-order valence-electron chi connectivity index (χ1n) is 10.2. The van der Waals surface area contributed by atoms with Crippen LogP contribution in [0.2, 0.25) is 5.02 Å². The van der Waals surface area contributed by atoms with E-state index in [-0.39, 0.29) is 11.6 Å². The lowest BCUT2D eigenvalue weighted by Crippen LogP contribution is -2.54. The lowest BCUT2D eigenvalue weighted by Gasteiger charge is -2.27. The topological polar surface area (TPSA) is 75.7 Å². The normalized spacial score (nSPS) is 15.4. The van der Waals surface area contributed by atoms with E-state index >= 15 is 0 Å². The number of benzene rings is 3. The van der Waals surface area contributed by atoms with Crippen LogP contribution in [0.5, 0.6) is 5.75 Å². The second-order valence-corrected chi connectivity index (χ2v) is 7.84. The van der Waals surface area contributed by atoms with E-state index in [1.165, 1.54) is 6.08 Å². The van der Waals surface area contributed by atoms with Gasteiger partial charge in [-0.1, -0.05) is 60.1 Å². The maximum atomic E-state index is 13.2. The molecule has 1 aliphatic heterocycles. The Hall–Kier alpha value is -4.11. The van der Waals surface area contributed by atoms with Crippen LogP contribution in [0.4, 0.5) is 23.7 Å². The first-order valence-corrected chi connectivity index (χ1v) is 10.6. The van der Waals surface area contributed by atoms with Crippen LogP contribution in [-0.2, 0) is 22.4 Å². The number of hydrogen-bond donors (Lipinski definition) is 1. The number of nitrogens with one attached hydrogen (secondary N) is 1. The molecule has 0 saturated carbocycles. The van der Waals surface area contributed by atoms with Gasteiger partial charge in [-0.15, -0.1) is 0 Å². The van der Waals surface area contributed by atoms with Crippen LogP contribution in [0.1, 0.15) is 16.7 Å². The summed E-state index contributed by atoms with van der Waals surface area (Å²) in [5.74, 6) is -1.78. The molecule has 1 aliphatic rings. The van der Waals surface area contributed by atoms with Crippen LogP contribution in [0.15, 0.2) is 78.4 Å². The van der Waals surface area contributed by atoms with Crippen molar-refractivity contribution < 1.29 is 32.3 Å². The van der Waals surface area contributed by atoms with Crippen molar-refractivity contribution in [2.45, 2.75) is 12.8 Å². The molecule has 0 bridgehead atoms. The van der Waals surface area contributed by atoms with Gasteiger partial charge < -0.3 is 4.74 Å². The van der Waals surface area contributed by atoms with Crippen molar-refractivity contribution in [2.24, 2.45) is 0 Å². The Kier molecular flexibility index (Phi) is 6.61. The van der Waals surface area contributed by atoms with E-state index in [2.05, 4.69) is 0 Å². The number of nitrogens with zero attached hydrogens (tertiary/aromatic N) is 1. The third kappa shape index (κ3) is 5.20. The van der Waals surface area contributed by atoms with E-state index in [0.717, 1.165) is 17.7 Å². The summed E-state index contributed by atoms with van der Waals surface area (Å²) in [5, 5.41) is 1.69. The summed E-state index contributed by atoms with van der Waals surface area (Å²) in [6.07, 6.45) is -3.53. The Labute approximate surface area is 202 Å². The zero-order chi connectivity index (χ0) is 25.2. The number of amides is 4. The number of carbonyl (C=O) groups excluding carboxylic acids is 3. The molecule has 3 aromatic carbocycles. The molecule has 0 radical (unpaired) electrons. The second kappa shape index (κ2) is 9.63. The molecule has 0 aromatic heterocycles. The first kappa shape index (κ1) is 24.0. The number of ether oxygens (including phenoxy) is 1. The monoisotopic (exact) mass is 500 g/mol. The number of hydrogen-bond acceptors (Lipinski definition) is 4. The van der Waals surface area contributed by atoms with Gasteiger partial charge in [-0.05, 0) is 35.9 Å². The summed E-state index contributed by atoms with van der Waals surface area (Å²) >= 11 is 6.01. The molecule has 1 N–H and O–H groups in total. The summed E-state index contributed by atoms with van der Waals surface area (Å²) in [7, 11) is 0. The summed E-state index contributed by atoms with van der Waals surface area (Å²) < 4.78 is 45.4. The van der Waals surface area contributed by atoms with E-state index < -0.39 is 40.8 Å². The highest BCUT2D eigenvalue weighted by Gasteiger charge is 2.39. The number of barbiturate groups is 1. The van der Waals surface area contributed by atoms with E-state index in [4.69, 9.17) is 16.3 Å². The van der Waals surface area contributed by atoms with E-state index in [1.54, 1.807) is 24.3 Å². The molecule has 35 heavy (non-hydrogen) atoms. The zero-order valence-corrected chi connectivity index (χ0v) is 18.6. The van der Waals surface area contributed by atoms with Crippen molar-refractivity contribution >= 4 is 41.2 Å². The number of anilines is 1. The average Bonchev–Trinajstić information content (AvgIpc) is 2.82. The summed E-state index contributed by atoms with van der Waals surface area (Å²) in [6, 6.07) is 16.9. The zero-order valence-electron chi connectivity index (χ0n) is 17.8. The standard InChI is InChI=1S/C25H16ClF3N2O4/c26-19-11-10-17(25(27,28)29)13-20(19)31-23(33)18(22(32)30-24(31)34)12-16-8-4-5-9-21(16)35-14-15-6-2-1-3-7-15/h1-13H,14H2,(H,30,32,34)/b18-12-. The van der Waals surface area contributed by atoms with Gasteiger partial charge in [-0.25, -0.2) is 9.69 Å². The SMILES string of the molecule is O=C1NC(=O)N(c2cc(C(F)(F)F)ccc2Cl)C(=O)/C1=C\c1ccccc1OCc1ccccc1. The third-order valence-electron chi connectivity index (χ3n) is 5.07. The fourth-order valence-corrected chi connectivity index (χ4v) is 3.56. The second-order valence-electron chi connectivity index (χ2n) is 7.43. The Morgan fingerprint density at radius 3 is 2.34 bits per heavy atom. The maximum absolute atomic E-state index is 13.2. The molecule has 178 valence electrons. The van der Waals surface area contributed by atoms with Gasteiger partial charge in [0.25, 0.3) is 11.8 Å². The molecule has 1 fully saturated rings. The number of rotatable bonds is 5. The van der Waals surface area contributed by atoms with Gasteiger partial charge in [0.15, 0.2) is 0 Å². The minimum atomic E-state index is -4.74. The Bertz CT molecular complexity index is 1340. The fourth-order valence-electron chi connectivity index (χ4n) is 3.36. The van der Waals surface area contributed by atoms with Gasteiger partial charge in [-0.2, -0.15) is 13.2 Å². The molecule has 4 rings (SSSR count). The van der Waals surface area contributed by atoms with Crippen molar-refractivity contribution in [3.8, 4) is 5.75 Å². The van der Waals surface area contributed by atoms with Crippen molar-refractivity contribution in [1.82, 2.24) is 5.32 Å². The van der Waals surface area contributed by atoms with E-state index in [1.807, 2.05) is 35.6 Å². The highest BCUT2D eigenvalue weighted by molar-refractivity contribution is 6.42. The number of carbonyl (C=O) groups is 3. The smallest absolute Gasteiger partial charge is 0.416 e. The van der Waals surface area contributed by atoms with Crippen LogP contribution < -0.4 is 15.0 Å². The average molecular weight is 501 g/mol. The van der Waals surface area contributed by atoms with Gasteiger partial charge in [0.1, 0.15) is 17.9 Å². The number of imide groups is 2. The van der Waals surface area contributed by atoms with Crippen LogP contribution >= 0.6 is 11.6 Å². The van der Waals surface area contributed by atoms with Crippen molar-refractivity contribution in [2.75, 3.05) is 4.90 Å². The molecule has 0 atom stereocenters. The van der Waals surface area contributed by atoms with Crippen LogP contribution in [0.3, 0.4) is 0 Å². The quantitative estimate of drug-likeness (QED) is 0.365. The lowest BCUT2D eigenvalue weighted by atomic mass is 10.1. The molecule has 10 heteroatoms. The molecular weight excluding hydrogens is 485 g/mol. The molecule has 0 spiro atoms. The molecular formula is C25H16ClF3N2O4. The largest absolute Gasteiger partial charge is 0.488 e. The highest BCUT2D eigenvalue weighted by Crippen LogP contribution is 2.36. The minimum absolute atomic E-state index is 0.214. The van der Waals surface area contributed by atoms with Crippen LogP contribution in [0.25, 0.3) is 6.08 Å². The summed E-state index contributed by atoms with van der Waals surface area (Å²) in [6.45, 7) is 0.214. The molecule has 1 saturated heterocycles. The van der Waals surface area contributed by atoms with Gasteiger partial charge in [0, 0.05) is 5.56 Å². The van der Waals surface area contributed by atoms with Crippen molar-refractivity contribution in [3.63, 3.8) is 0 Å². The first-order chi connectivity index (χ1) is 16.6. The Morgan fingerprint density at radius 2 is 1.63 bits per heavy atom. The number of halogens is 4. The Balaban J connectivity index is 1.69. The van der Waals surface area contributed by atoms with E-state index in [9.17, 15) is 27.6 Å². The molecule has 3 aromatic rings.